The number of hydrogen-bond acceptors (Lipinski definition) is 3. The molecule has 3 nitrogen and oxygen atoms in total. The molecule has 0 bridgehead atoms. The van der Waals surface area contributed by atoms with Gasteiger partial charge in [-0.3, -0.25) is 4.98 Å². The summed E-state index contributed by atoms with van der Waals surface area (Å²) in [7, 11) is 0. The van der Waals surface area contributed by atoms with E-state index >= 15 is 0 Å². The third kappa shape index (κ3) is 4.30. The SMILES string of the molecule is Cc1cccc(Oc2ccncc2CNCC(C)C)c1C. The molecule has 0 saturated heterocycles. The summed E-state index contributed by atoms with van der Waals surface area (Å²) in [6.45, 7) is 10.3. The molecule has 1 N–H and O–H groups in total. The quantitative estimate of drug-likeness (QED) is 0.861. The van der Waals surface area contributed by atoms with Crippen LogP contribution < -0.4 is 10.1 Å². The maximum Gasteiger partial charge on any atom is 0.135 e. The van der Waals surface area contributed by atoms with Crippen molar-refractivity contribution >= 4 is 0 Å². The minimum atomic E-state index is 0.630. The Morgan fingerprint density at radius 3 is 2.71 bits per heavy atom. The van der Waals surface area contributed by atoms with Crippen LogP contribution in [0.25, 0.3) is 0 Å². The van der Waals surface area contributed by atoms with Crippen LogP contribution in [0, 0.1) is 19.8 Å². The largest absolute Gasteiger partial charge is 0.457 e. The van der Waals surface area contributed by atoms with Gasteiger partial charge in [-0.2, -0.15) is 0 Å². The molecule has 0 aliphatic heterocycles. The fourth-order valence-electron chi connectivity index (χ4n) is 2.10. The summed E-state index contributed by atoms with van der Waals surface area (Å²) in [5, 5.41) is 3.43. The van der Waals surface area contributed by atoms with Crippen molar-refractivity contribution in [1.82, 2.24) is 10.3 Å². The first kappa shape index (κ1) is 15.5. The number of pyridine rings is 1. The standard InChI is InChI=1S/C18H24N2O/c1-13(2)10-20-12-16-11-19-9-8-18(16)21-17-7-5-6-14(3)15(17)4/h5-9,11,13,20H,10,12H2,1-4H3. The number of nitrogens with one attached hydrogen (secondary N) is 1. The summed E-state index contributed by atoms with van der Waals surface area (Å²) in [4.78, 5) is 4.20. The molecule has 1 aromatic carbocycles. The van der Waals surface area contributed by atoms with Crippen molar-refractivity contribution < 1.29 is 4.74 Å². The molecule has 112 valence electrons. The molecule has 1 heterocycles. The summed E-state index contributed by atoms with van der Waals surface area (Å²) in [5.74, 6) is 2.41. The topological polar surface area (TPSA) is 34.1 Å². The van der Waals surface area contributed by atoms with Crippen molar-refractivity contribution in [3.63, 3.8) is 0 Å². The van der Waals surface area contributed by atoms with Crippen LogP contribution in [-0.2, 0) is 6.54 Å². The smallest absolute Gasteiger partial charge is 0.135 e. The number of ether oxygens (including phenoxy) is 1. The summed E-state index contributed by atoms with van der Waals surface area (Å²) in [5.41, 5.74) is 3.50. The molecule has 0 atom stereocenters. The van der Waals surface area contributed by atoms with Gasteiger partial charge in [0, 0.05) is 24.5 Å². The first-order valence-electron chi connectivity index (χ1n) is 7.45. The van der Waals surface area contributed by atoms with Gasteiger partial charge in [0.2, 0.25) is 0 Å². The lowest BCUT2D eigenvalue weighted by Gasteiger charge is -2.14. The lowest BCUT2D eigenvalue weighted by Crippen LogP contribution is -2.19. The number of aryl methyl sites for hydroxylation is 1. The van der Waals surface area contributed by atoms with E-state index in [1.807, 2.05) is 24.4 Å². The zero-order valence-electron chi connectivity index (χ0n) is 13.3. The number of benzene rings is 1. The monoisotopic (exact) mass is 284 g/mol. The lowest BCUT2D eigenvalue weighted by molar-refractivity contribution is 0.464. The van der Waals surface area contributed by atoms with Crippen LogP contribution in [0.15, 0.2) is 36.7 Å². The average molecular weight is 284 g/mol. The summed E-state index contributed by atoms with van der Waals surface area (Å²) in [6, 6.07) is 8.05. The van der Waals surface area contributed by atoms with Gasteiger partial charge in [-0.15, -0.1) is 0 Å². The molecule has 1 aromatic heterocycles. The third-order valence-electron chi connectivity index (χ3n) is 3.50. The molecule has 2 aromatic rings. The number of aromatic nitrogens is 1. The zero-order valence-corrected chi connectivity index (χ0v) is 13.3. The molecule has 0 aliphatic rings. The minimum Gasteiger partial charge on any atom is -0.457 e. The van der Waals surface area contributed by atoms with Crippen LogP contribution in [0.5, 0.6) is 11.5 Å². The number of rotatable bonds is 6. The molecule has 0 amide bonds. The maximum atomic E-state index is 6.10. The highest BCUT2D eigenvalue weighted by Gasteiger charge is 2.08. The van der Waals surface area contributed by atoms with Crippen LogP contribution in [0.3, 0.4) is 0 Å². The van der Waals surface area contributed by atoms with Crippen LogP contribution in [0.2, 0.25) is 0 Å². The Labute approximate surface area is 127 Å². The van der Waals surface area contributed by atoms with Gasteiger partial charge in [0.1, 0.15) is 11.5 Å². The lowest BCUT2D eigenvalue weighted by atomic mass is 10.1. The Morgan fingerprint density at radius 1 is 1.14 bits per heavy atom. The van der Waals surface area contributed by atoms with Gasteiger partial charge in [0.15, 0.2) is 0 Å². The first-order valence-corrected chi connectivity index (χ1v) is 7.45. The Morgan fingerprint density at radius 2 is 1.95 bits per heavy atom. The van der Waals surface area contributed by atoms with Crippen LogP contribution in [0.1, 0.15) is 30.5 Å². The highest BCUT2D eigenvalue weighted by Crippen LogP contribution is 2.28. The third-order valence-corrected chi connectivity index (χ3v) is 3.50. The Balaban J connectivity index is 2.14. The van der Waals surface area contributed by atoms with Gasteiger partial charge < -0.3 is 10.1 Å². The second-order valence-corrected chi connectivity index (χ2v) is 5.81. The molecular weight excluding hydrogens is 260 g/mol. The van der Waals surface area contributed by atoms with E-state index in [1.54, 1.807) is 6.20 Å². The van der Waals surface area contributed by atoms with Gasteiger partial charge in [0.05, 0.1) is 0 Å². The fourth-order valence-corrected chi connectivity index (χ4v) is 2.10. The Hall–Kier alpha value is -1.87. The van der Waals surface area contributed by atoms with Gasteiger partial charge in [0.25, 0.3) is 0 Å². The highest BCUT2D eigenvalue weighted by molar-refractivity contribution is 5.42. The molecule has 2 rings (SSSR count). The minimum absolute atomic E-state index is 0.630. The highest BCUT2D eigenvalue weighted by atomic mass is 16.5. The molecule has 0 radical (unpaired) electrons. The summed E-state index contributed by atoms with van der Waals surface area (Å²) >= 11 is 0. The van der Waals surface area contributed by atoms with Gasteiger partial charge in [-0.25, -0.2) is 0 Å². The Kier molecular flexibility index (Phi) is 5.34. The normalized spacial score (nSPS) is 10.9. The molecular formula is C18H24N2O. The Bertz CT molecular complexity index is 594. The molecule has 0 fully saturated rings. The van der Waals surface area contributed by atoms with E-state index in [-0.39, 0.29) is 0 Å². The number of nitrogens with zero attached hydrogens (tertiary/aromatic N) is 1. The van der Waals surface area contributed by atoms with E-state index in [9.17, 15) is 0 Å². The van der Waals surface area contributed by atoms with Crippen molar-refractivity contribution in [3.8, 4) is 11.5 Å². The van der Waals surface area contributed by atoms with E-state index < -0.39 is 0 Å². The van der Waals surface area contributed by atoms with Gasteiger partial charge in [-0.05, 0) is 49.6 Å². The predicted molar refractivity (Wildman–Crippen MR) is 86.8 cm³/mol. The van der Waals surface area contributed by atoms with E-state index in [4.69, 9.17) is 4.74 Å². The van der Waals surface area contributed by atoms with E-state index in [2.05, 4.69) is 44.1 Å². The molecule has 0 saturated carbocycles. The van der Waals surface area contributed by atoms with Crippen molar-refractivity contribution in [1.29, 1.82) is 0 Å². The van der Waals surface area contributed by atoms with E-state index in [0.29, 0.717) is 5.92 Å². The molecule has 0 aliphatic carbocycles. The summed E-state index contributed by atoms with van der Waals surface area (Å²) in [6.07, 6.45) is 3.64. The molecule has 0 unspecified atom stereocenters. The summed E-state index contributed by atoms with van der Waals surface area (Å²) < 4.78 is 6.10. The average Bonchev–Trinajstić information content (AvgIpc) is 2.45. The second-order valence-electron chi connectivity index (χ2n) is 5.81. The van der Waals surface area contributed by atoms with Crippen molar-refractivity contribution in [3.05, 3.63) is 53.3 Å². The van der Waals surface area contributed by atoms with E-state index in [1.165, 1.54) is 11.1 Å². The van der Waals surface area contributed by atoms with E-state index in [0.717, 1.165) is 30.2 Å². The molecule has 3 heteroatoms. The maximum absolute atomic E-state index is 6.10. The van der Waals surface area contributed by atoms with Crippen molar-refractivity contribution in [2.24, 2.45) is 5.92 Å². The van der Waals surface area contributed by atoms with Crippen LogP contribution in [-0.4, -0.2) is 11.5 Å². The van der Waals surface area contributed by atoms with Crippen molar-refractivity contribution in [2.75, 3.05) is 6.54 Å². The zero-order chi connectivity index (χ0) is 15.2. The second kappa shape index (κ2) is 7.23. The fraction of sp³-hybridized carbons (Fsp3) is 0.389. The number of hydrogen-bond donors (Lipinski definition) is 1. The predicted octanol–water partition coefficient (Wildman–Crippen LogP) is 4.24. The first-order chi connectivity index (χ1) is 10.1. The molecule has 0 spiro atoms. The molecule has 21 heavy (non-hydrogen) atoms. The van der Waals surface area contributed by atoms with Crippen molar-refractivity contribution in [2.45, 2.75) is 34.2 Å². The van der Waals surface area contributed by atoms with Crippen LogP contribution >= 0.6 is 0 Å². The van der Waals surface area contributed by atoms with Gasteiger partial charge >= 0.3 is 0 Å². The van der Waals surface area contributed by atoms with Gasteiger partial charge in [-0.1, -0.05) is 26.0 Å². The van der Waals surface area contributed by atoms with Crippen LogP contribution in [0.4, 0.5) is 0 Å².